The molecule has 1 aliphatic carbocycles. The number of fused-ring (bicyclic) bond motifs is 1. The first-order chi connectivity index (χ1) is 13.9. The number of amides is 1. The summed E-state index contributed by atoms with van der Waals surface area (Å²) >= 11 is 0. The van der Waals surface area contributed by atoms with Crippen LogP contribution in [0.1, 0.15) is 43.2 Å². The highest BCUT2D eigenvalue weighted by Gasteiger charge is 2.34. The quantitative estimate of drug-likeness (QED) is 0.753. The summed E-state index contributed by atoms with van der Waals surface area (Å²) in [6.45, 7) is 4.41. The lowest BCUT2D eigenvalue weighted by molar-refractivity contribution is -0.136. The molecule has 6 nitrogen and oxygen atoms in total. The Kier molecular flexibility index (Phi) is 6.27. The average molecular weight is 420 g/mol. The molecule has 0 N–H and O–H groups in total. The van der Waals surface area contributed by atoms with Crippen molar-refractivity contribution in [2.24, 2.45) is 5.92 Å². The SMILES string of the molecule is CN1CCCN(C(=O)C2CCN(S(=O)(=O)c3ccc4c(c3)CCCC4)CC2)CC1. The summed E-state index contributed by atoms with van der Waals surface area (Å²) in [6, 6.07) is 5.65. The molecule has 2 heterocycles. The van der Waals surface area contributed by atoms with E-state index >= 15 is 0 Å². The van der Waals surface area contributed by atoms with Crippen molar-refractivity contribution in [3.63, 3.8) is 0 Å². The predicted octanol–water partition coefficient (Wildman–Crippen LogP) is 2.13. The van der Waals surface area contributed by atoms with Gasteiger partial charge in [0.15, 0.2) is 0 Å². The number of likely N-dealkylation sites (N-methyl/N-ethyl adjacent to an activating group) is 1. The van der Waals surface area contributed by atoms with Crippen LogP contribution in [0.2, 0.25) is 0 Å². The number of piperidine rings is 1. The fraction of sp³-hybridized carbons (Fsp3) is 0.682. The number of hydrogen-bond acceptors (Lipinski definition) is 4. The van der Waals surface area contributed by atoms with Crippen LogP contribution >= 0.6 is 0 Å². The summed E-state index contributed by atoms with van der Waals surface area (Å²) in [5.74, 6) is 0.166. The van der Waals surface area contributed by atoms with Gasteiger partial charge in [-0.05, 0) is 81.8 Å². The van der Waals surface area contributed by atoms with Gasteiger partial charge in [-0.3, -0.25) is 4.79 Å². The lowest BCUT2D eigenvalue weighted by Crippen LogP contribution is -2.45. The van der Waals surface area contributed by atoms with Crippen LogP contribution in [0.4, 0.5) is 0 Å². The Balaban J connectivity index is 1.39. The number of aryl methyl sites for hydroxylation is 2. The molecule has 1 amide bonds. The van der Waals surface area contributed by atoms with E-state index in [1.807, 2.05) is 17.0 Å². The van der Waals surface area contributed by atoms with Crippen molar-refractivity contribution < 1.29 is 13.2 Å². The van der Waals surface area contributed by atoms with Gasteiger partial charge in [-0.15, -0.1) is 0 Å². The largest absolute Gasteiger partial charge is 0.341 e. The summed E-state index contributed by atoms with van der Waals surface area (Å²) < 4.78 is 27.9. The number of sulfonamides is 1. The van der Waals surface area contributed by atoms with E-state index in [2.05, 4.69) is 11.9 Å². The van der Waals surface area contributed by atoms with Crippen LogP contribution in [0.5, 0.6) is 0 Å². The molecule has 1 aromatic carbocycles. The lowest BCUT2D eigenvalue weighted by Gasteiger charge is -2.33. The van der Waals surface area contributed by atoms with Gasteiger partial charge >= 0.3 is 0 Å². The van der Waals surface area contributed by atoms with Gasteiger partial charge in [0.2, 0.25) is 15.9 Å². The third kappa shape index (κ3) is 4.52. The molecule has 1 aromatic rings. The zero-order valence-corrected chi connectivity index (χ0v) is 18.3. The van der Waals surface area contributed by atoms with E-state index in [-0.39, 0.29) is 11.8 Å². The Morgan fingerprint density at radius 2 is 1.62 bits per heavy atom. The lowest BCUT2D eigenvalue weighted by atomic mass is 9.92. The highest BCUT2D eigenvalue weighted by atomic mass is 32.2. The van der Waals surface area contributed by atoms with Crippen LogP contribution in [0.3, 0.4) is 0 Å². The van der Waals surface area contributed by atoms with Crippen LogP contribution in [-0.2, 0) is 27.7 Å². The predicted molar refractivity (Wildman–Crippen MR) is 113 cm³/mol. The minimum atomic E-state index is -3.48. The van der Waals surface area contributed by atoms with Gasteiger partial charge < -0.3 is 9.80 Å². The average Bonchev–Trinajstić information content (AvgIpc) is 2.97. The third-order valence-corrected chi connectivity index (χ3v) is 8.69. The van der Waals surface area contributed by atoms with Gasteiger partial charge in [-0.2, -0.15) is 4.31 Å². The Morgan fingerprint density at radius 1 is 0.897 bits per heavy atom. The second kappa shape index (κ2) is 8.74. The van der Waals surface area contributed by atoms with E-state index in [9.17, 15) is 13.2 Å². The number of carbonyl (C=O) groups excluding carboxylic acids is 1. The van der Waals surface area contributed by atoms with Gasteiger partial charge in [-0.1, -0.05) is 6.07 Å². The standard InChI is InChI=1S/C22H33N3O3S/c1-23-11-4-12-24(16-15-23)22(26)19-9-13-25(14-10-19)29(27,28)21-8-7-18-5-2-3-6-20(18)17-21/h7-8,17,19H,2-6,9-16H2,1H3. The van der Waals surface area contributed by atoms with Crippen LogP contribution in [0, 0.1) is 5.92 Å². The topological polar surface area (TPSA) is 60.9 Å². The number of nitrogens with zero attached hydrogens (tertiary/aromatic N) is 3. The molecule has 0 aromatic heterocycles. The van der Waals surface area contributed by atoms with E-state index < -0.39 is 10.0 Å². The van der Waals surface area contributed by atoms with Crippen LogP contribution < -0.4 is 0 Å². The summed E-state index contributed by atoms with van der Waals surface area (Å²) in [5, 5.41) is 0. The molecule has 2 fully saturated rings. The highest BCUT2D eigenvalue weighted by molar-refractivity contribution is 7.89. The number of benzene rings is 1. The molecule has 0 radical (unpaired) electrons. The highest BCUT2D eigenvalue weighted by Crippen LogP contribution is 2.29. The minimum absolute atomic E-state index is 0.0478. The fourth-order valence-electron chi connectivity index (χ4n) is 4.89. The molecule has 29 heavy (non-hydrogen) atoms. The van der Waals surface area contributed by atoms with Gasteiger partial charge in [0.1, 0.15) is 0 Å². The minimum Gasteiger partial charge on any atom is -0.341 e. The van der Waals surface area contributed by atoms with Crippen LogP contribution in [0.25, 0.3) is 0 Å². The first kappa shape index (κ1) is 20.8. The molecule has 0 bridgehead atoms. The van der Waals surface area contributed by atoms with E-state index in [0.29, 0.717) is 30.8 Å². The van der Waals surface area contributed by atoms with E-state index in [1.54, 1.807) is 10.4 Å². The van der Waals surface area contributed by atoms with Gasteiger partial charge in [0.25, 0.3) is 0 Å². The maximum atomic E-state index is 13.2. The monoisotopic (exact) mass is 419 g/mol. The van der Waals surface area contributed by atoms with Crippen molar-refractivity contribution in [2.45, 2.75) is 49.8 Å². The molecule has 4 rings (SSSR count). The second-order valence-corrected chi connectivity index (χ2v) is 10.7. The molecule has 0 unspecified atom stereocenters. The Hall–Kier alpha value is -1.44. The fourth-order valence-corrected chi connectivity index (χ4v) is 6.41. The third-order valence-electron chi connectivity index (χ3n) is 6.79. The van der Waals surface area contributed by atoms with Crippen LogP contribution in [0.15, 0.2) is 23.1 Å². The number of rotatable bonds is 3. The molecule has 2 saturated heterocycles. The van der Waals surface area contributed by atoms with Crippen molar-refractivity contribution in [3.05, 3.63) is 29.3 Å². The summed E-state index contributed by atoms with van der Waals surface area (Å²) in [5.41, 5.74) is 2.48. The maximum Gasteiger partial charge on any atom is 0.243 e. The molecule has 160 valence electrons. The smallest absolute Gasteiger partial charge is 0.243 e. The Labute approximate surface area is 174 Å². The second-order valence-electron chi connectivity index (χ2n) is 8.80. The first-order valence-electron chi connectivity index (χ1n) is 11.0. The van der Waals surface area contributed by atoms with Gasteiger partial charge in [0, 0.05) is 38.6 Å². The normalized spacial score (nSPS) is 22.9. The molecular formula is C22H33N3O3S. The zero-order chi connectivity index (χ0) is 20.4. The van der Waals surface area contributed by atoms with E-state index in [0.717, 1.165) is 51.9 Å². The molecule has 7 heteroatoms. The van der Waals surface area contributed by atoms with Gasteiger partial charge in [0.05, 0.1) is 4.90 Å². The molecule has 0 saturated carbocycles. The summed E-state index contributed by atoms with van der Waals surface area (Å²) in [6.07, 6.45) is 6.60. The molecular weight excluding hydrogens is 386 g/mol. The molecule has 3 aliphatic rings. The van der Waals surface area contributed by atoms with Crippen molar-refractivity contribution in [3.8, 4) is 0 Å². The number of hydrogen-bond donors (Lipinski definition) is 0. The number of carbonyl (C=O) groups is 1. The van der Waals surface area contributed by atoms with Crippen molar-refractivity contribution >= 4 is 15.9 Å². The molecule has 2 aliphatic heterocycles. The Morgan fingerprint density at radius 3 is 2.38 bits per heavy atom. The zero-order valence-electron chi connectivity index (χ0n) is 17.5. The van der Waals surface area contributed by atoms with Crippen molar-refractivity contribution in [2.75, 3.05) is 46.3 Å². The molecule has 0 atom stereocenters. The van der Waals surface area contributed by atoms with E-state index in [1.165, 1.54) is 17.5 Å². The van der Waals surface area contributed by atoms with Crippen molar-refractivity contribution in [1.82, 2.24) is 14.1 Å². The van der Waals surface area contributed by atoms with Gasteiger partial charge in [-0.25, -0.2) is 8.42 Å². The summed E-state index contributed by atoms with van der Waals surface area (Å²) in [7, 11) is -1.39. The van der Waals surface area contributed by atoms with Crippen molar-refractivity contribution in [1.29, 1.82) is 0 Å². The first-order valence-corrected chi connectivity index (χ1v) is 12.5. The van der Waals surface area contributed by atoms with Crippen LogP contribution in [-0.4, -0.2) is 74.7 Å². The van der Waals surface area contributed by atoms with E-state index in [4.69, 9.17) is 0 Å². The maximum absolute atomic E-state index is 13.2. The molecule has 0 spiro atoms. The summed E-state index contributed by atoms with van der Waals surface area (Å²) in [4.78, 5) is 17.6. The Bertz CT molecular complexity index is 847.